The third kappa shape index (κ3) is 3.65. The fraction of sp³-hybridized carbons (Fsp3) is 0.385. The molecule has 1 aromatic rings. The molecule has 1 fully saturated rings. The number of hydrogen-bond acceptors (Lipinski definition) is 3. The number of carbonyl (C=O) groups is 2. The number of nitrogens with zero attached hydrogens (tertiary/aromatic N) is 1. The van der Waals surface area contributed by atoms with E-state index in [1.165, 1.54) is 17.0 Å². The van der Waals surface area contributed by atoms with Gasteiger partial charge >= 0.3 is 18.2 Å². The van der Waals surface area contributed by atoms with Crippen LogP contribution in [0, 0.1) is 0 Å². The van der Waals surface area contributed by atoms with Crippen molar-refractivity contribution in [1.82, 2.24) is 0 Å². The number of anilines is 1. The molecule has 1 amide bonds. The first-order chi connectivity index (χ1) is 9.77. The van der Waals surface area contributed by atoms with Crippen molar-refractivity contribution < 1.29 is 32.6 Å². The summed E-state index contributed by atoms with van der Waals surface area (Å²) in [7, 11) is 0. The van der Waals surface area contributed by atoms with Crippen molar-refractivity contribution in [1.29, 1.82) is 0 Å². The summed E-state index contributed by atoms with van der Waals surface area (Å²) in [6, 6.07) is 4.13. The predicted octanol–water partition coefficient (Wildman–Crippen LogP) is 2.90. The summed E-state index contributed by atoms with van der Waals surface area (Å²) in [5.41, 5.74) is -0.521. The summed E-state index contributed by atoms with van der Waals surface area (Å²) in [5.74, 6) is -1.00. The quantitative estimate of drug-likeness (QED) is 0.928. The highest BCUT2D eigenvalue weighted by molar-refractivity contribution is 5.89. The molecule has 114 valence electrons. The zero-order valence-corrected chi connectivity index (χ0v) is 10.8. The van der Waals surface area contributed by atoms with Crippen molar-refractivity contribution >= 4 is 17.7 Å². The van der Waals surface area contributed by atoms with Crippen molar-refractivity contribution in [3.63, 3.8) is 0 Å². The number of aliphatic carboxylic acids is 1. The Labute approximate surface area is 117 Å². The molecule has 0 radical (unpaired) electrons. The van der Waals surface area contributed by atoms with Crippen LogP contribution in [0.5, 0.6) is 0 Å². The molecule has 1 heterocycles. The van der Waals surface area contributed by atoms with Gasteiger partial charge in [0.05, 0.1) is 12.1 Å². The maximum Gasteiger partial charge on any atom is 0.416 e. The molecule has 8 heteroatoms. The van der Waals surface area contributed by atoms with Gasteiger partial charge in [0, 0.05) is 12.1 Å². The van der Waals surface area contributed by atoms with E-state index >= 15 is 0 Å². The summed E-state index contributed by atoms with van der Waals surface area (Å²) in [6.45, 7) is 0.122. The van der Waals surface area contributed by atoms with Gasteiger partial charge in [0.25, 0.3) is 0 Å². The highest BCUT2D eigenvalue weighted by atomic mass is 19.4. The predicted molar refractivity (Wildman–Crippen MR) is 65.9 cm³/mol. The molecule has 2 rings (SSSR count). The number of amides is 1. The molecule has 21 heavy (non-hydrogen) atoms. The van der Waals surface area contributed by atoms with Crippen LogP contribution in [0.25, 0.3) is 0 Å². The molecule has 0 bridgehead atoms. The molecule has 1 aliphatic heterocycles. The molecular formula is C13H12F3NO4. The second-order valence-electron chi connectivity index (χ2n) is 4.59. The van der Waals surface area contributed by atoms with Gasteiger partial charge in [-0.05, 0) is 30.7 Å². The number of carboxylic acids is 1. The number of ether oxygens (including phenoxy) is 1. The molecule has 0 spiro atoms. The second-order valence-corrected chi connectivity index (χ2v) is 4.59. The third-order valence-electron chi connectivity index (χ3n) is 3.06. The number of halogens is 3. The van der Waals surface area contributed by atoms with Gasteiger partial charge in [-0.3, -0.25) is 9.69 Å². The zero-order chi connectivity index (χ0) is 15.6. The Balaban J connectivity index is 2.05. The number of cyclic esters (lactones) is 1. The Bertz CT molecular complexity index is 541. The minimum Gasteiger partial charge on any atom is -0.481 e. The van der Waals surface area contributed by atoms with E-state index in [-0.39, 0.29) is 25.1 Å². The van der Waals surface area contributed by atoms with Gasteiger partial charge in [-0.2, -0.15) is 13.2 Å². The minimum absolute atomic E-state index is 0.122. The van der Waals surface area contributed by atoms with Crippen LogP contribution in [0.15, 0.2) is 24.3 Å². The summed E-state index contributed by atoms with van der Waals surface area (Å²) in [6.07, 6.45) is -5.67. The van der Waals surface area contributed by atoms with E-state index in [1.807, 2.05) is 0 Å². The number of carbonyl (C=O) groups excluding carboxylic acids is 1. The smallest absolute Gasteiger partial charge is 0.416 e. The molecule has 1 N–H and O–H groups in total. The van der Waals surface area contributed by atoms with E-state index in [2.05, 4.69) is 0 Å². The molecule has 1 saturated heterocycles. The van der Waals surface area contributed by atoms with Gasteiger partial charge in [0.2, 0.25) is 0 Å². The highest BCUT2D eigenvalue weighted by Gasteiger charge is 2.34. The Hall–Kier alpha value is -2.25. The lowest BCUT2D eigenvalue weighted by atomic mass is 10.1. The molecule has 0 aromatic heterocycles. The maximum atomic E-state index is 12.5. The van der Waals surface area contributed by atoms with E-state index < -0.39 is 29.9 Å². The van der Waals surface area contributed by atoms with E-state index in [1.54, 1.807) is 0 Å². The molecule has 1 atom stereocenters. The van der Waals surface area contributed by atoms with Crippen LogP contribution < -0.4 is 4.90 Å². The molecule has 0 aliphatic carbocycles. The standard InChI is InChI=1S/C13H12F3NO4/c14-13(15,16)8-1-3-9(4-2-8)17-7-10(21-12(17)20)5-6-11(18)19/h1-4,10H,5-7H2,(H,18,19). The first kappa shape index (κ1) is 15.1. The lowest BCUT2D eigenvalue weighted by Gasteiger charge is -2.14. The number of carboxylic acid groups (broad SMARTS) is 1. The molecule has 1 aromatic carbocycles. The van der Waals surface area contributed by atoms with Crippen molar-refractivity contribution in [3.8, 4) is 0 Å². The van der Waals surface area contributed by atoms with Crippen LogP contribution in [0.2, 0.25) is 0 Å². The molecule has 5 nitrogen and oxygen atoms in total. The summed E-state index contributed by atoms with van der Waals surface area (Å²) < 4.78 is 42.3. The van der Waals surface area contributed by atoms with Gasteiger partial charge in [0.1, 0.15) is 6.10 Å². The van der Waals surface area contributed by atoms with E-state index in [4.69, 9.17) is 9.84 Å². The van der Waals surface area contributed by atoms with Crippen LogP contribution in [-0.2, 0) is 15.7 Å². The SMILES string of the molecule is O=C(O)CCC1CN(c2ccc(C(F)(F)F)cc2)C(=O)O1. The van der Waals surface area contributed by atoms with Crippen LogP contribution in [0.4, 0.5) is 23.7 Å². The topological polar surface area (TPSA) is 66.8 Å². The largest absolute Gasteiger partial charge is 0.481 e. The van der Waals surface area contributed by atoms with Gasteiger partial charge in [0.15, 0.2) is 0 Å². The zero-order valence-electron chi connectivity index (χ0n) is 10.8. The average Bonchev–Trinajstić information content (AvgIpc) is 2.77. The average molecular weight is 303 g/mol. The lowest BCUT2D eigenvalue weighted by Crippen LogP contribution is -2.24. The van der Waals surface area contributed by atoms with Crippen LogP contribution in [0.3, 0.4) is 0 Å². The van der Waals surface area contributed by atoms with E-state index in [0.29, 0.717) is 0 Å². The second kappa shape index (κ2) is 5.63. The number of rotatable bonds is 4. The normalized spacial score (nSPS) is 18.7. The summed E-state index contributed by atoms with van der Waals surface area (Å²) in [5, 5.41) is 8.57. The van der Waals surface area contributed by atoms with Gasteiger partial charge in [-0.15, -0.1) is 0 Å². The Morgan fingerprint density at radius 2 is 1.95 bits per heavy atom. The molecule has 0 saturated carbocycles. The van der Waals surface area contributed by atoms with Crippen molar-refractivity contribution in [2.24, 2.45) is 0 Å². The van der Waals surface area contributed by atoms with Gasteiger partial charge in [-0.25, -0.2) is 4.79 Å². The summed E-state index contributed by atoms with van der Waals surface area (Å²) in [4.78, 5) is 23.3. The van der Waals surface area contributed by atoms with Crippen molar-refractivity contribution in [2.45, 2.75) is 25.1 Å². The fourth-order valence-corrected chi connectivity index (χ4v) is 2.00. The third-order valence-corrected chi connectivity index (χ3v) is 3.06. The highest BCUT2D eigenvalue weighted by Crippen LogP contribution is 2.31. The Kier molecular flexibility index (Phi) is 4.06. The Morgan fingerprint density at radius 1 is 1.33 bits per heavy atom. The Morgan fingerprint density at radius 3 is 2.48 bits per heavy atom. The number of benzene rings is 1. The monoisotopic (exact) mass is 303 g/mol. The fourth-order valence-electron chi connectivity index (χ4n) is 2.00. The van der Waals surface area contributed by atoms with Crippen LogP contribution in [-0.4, -0.2) is 29.8 Å². The first-order valence-electron chi connectivity index (χ1n) is 6.14. The first-order valence-corrected chi connectivity index (χ1v) is 6.14. The van der Waals surface area contributed by atoms with Gasteiger partial charge < -0.3 is 9.84 Å². The molecule has 1 unspecified atom stereocenters. The number of alkyl halides is 3. The van der Waals surface area contributed by atoms with E-state index in [0.717, 1.165) is 12.1 Å². The molecular weight excluding hydrogens is 291 g/mol. The minimum atomic E-state index is -4.44. The van der Waals surface area contributed by atoms with Crippen LogP contribution in [0.1, 0.15) is 18.4 Å². The van der Waals surface area contributed by atoms with Crippen molar-refractivity contribution in [2.75, 3.05) is 11.4 Å². The lowest BCUT2D eigenvalue weighted by molar-refractivity contribution is -0.138. The van der Waals surface area contributed by atoms with Crippen molar-refractivity contribution in [3.05, 3.63) is 29.8 Å². The summed E-state index contributed by atoms with van der Waals surface area (Å²) >= 11 is 0. The number of hydrogen-bond donors (Lipinski definition) is 1. The van der Waals surface area contributed by atoms with Crippen LogP contribution >= 0.6 is 0 Å². The maximum absolute atomic E-state index is 12.5. The molecule has 1 aliphatic rings. The van der Waals surface area contributed by atoms with Gasteiger partial charge in [-0.1, -0.05) is 0 Å². The van der Waals surface area contributed by atoms with E-state index in [9.17, 15) is 22.8 Å².